The highest BCUT2D eigenvalue weighted by Gasteiger charge is 2.22. The molecule has 0 unspecified atom stereocenters. The summed E-state index contributed by atoms with van der Waals surface area (Å²) in [4.78, 5) is 2.30. The Hall–Kier alpha value is -0.280. The van der Waals surface area contributed by atoms with Gasteiger partial charge in [0.15, 0.2) is 0 Å². The molecule has 0 spiro atoms. The number of hydrogen-bond acceptors (Lipinski definition) is 2. The van der Waals surface area contributed by atoms with Gasteiger partial charge in [-0.15, -0.1) is 0 Å². The minimum absolute atomic E-state index is 0.227. The minimum atomic E-state index is 0.227. The first-order chi connectivity index (χ1) is 8.20. The van der Waals surface area contributed by atoms with Crippen LogP contribution in [-0.4, -0.2) is 29.2 Å². The fourth-order valence-corrected chi connectivity index (χ4v) is 2.81. The lowest BCUT2D eigenvalue weighted by Crippen LogP contribution is -2.41. The Morgan fingerprint density at radius 3 is 2.82 bits per heavy atom. The average molecular weight is 274 g/mol. The normalized spacial score (nSPS) is 21.7. The predicted octanol–water partition coefficient (Wildman–Crippen LogP) is 3.34. The van der Waals surface area contributed by atoms with Crippen molar-refractivity contribution >= 4 is 23.2 Å². The molecule has 1 saturated heterocycles. The molecule has 0 saturated carbocycles. The van der Waals surface area contributed by atoms with Crippen LogP contribution in [0.2, 0.25) is 10.0 Å². The first-order valence-electron chi connectivity index (χ1n) is 5.99. The largest absolute Gasteiger partial charge is 0.395 e. The highest BCUT2D eigenvalue weighted by Crippen LogP contribution is 2.25. The van der Waals surface area contributed by atoms with Gasteiger partial charge in [-0.05, 0) is 37.1 Å². The second-order valence-electron chi connectivity index (χ2n) is 4.54. The summed E-state index contributed by atoms with van der Waals surface area (Å²) in [6.07, 6.45) is 3.47. The van der Waals surface area contributed by atoms with Crippen molar-refractivity contribution in [3.05, 3.63) is 33.8 Å². The van der Waals surface area contributed by atoms with Crippen molar-refractivity contribution in [2.24, 2.45) is 0 Å². The molecule has 0 aliphatic carbocycles. The maximum absolute atomic E-state index is 9.36. The number of nitrogens with zero attached hydrogens (tertiary/aromatic N) is 1. The second kappa shape index (κ2) is 6.05. The van der Waals surface area contributed by atoms with Crippen LogP contribution < -0.4 is 0 Å². The molecule has 94 valence electrons. The van der Waals surface area contributed by atoms with Gasteiger partial charge in [0.05, 0.1) is 6.61 Å². The first-order valence-corrected chi connectivity index (χ1v) is 6.75. The molecule has 1 aliphatic heterocycles. The van der Waals surface area contributed by atoms with Crippen LogP contribution in [0.1, 0.15) is 24.8 Å². The van der Waals surface area contributed by atoms with E-state index in [2.05, 4.69) is 4.90 Å². The summed E-state index contributed by atoms with van der Waals surface area (Å²) in [5.74, 6) is 0. The lowest BCUT2D eigenvalue weighted by atomic mass is 10.0. The maximum atomic E-state index is 9.36. The number of aliphatic hydroxyl groups excluding tert-OH is 1. The van der Waals surface area contributed by atoms with Gasteiger partial charge in [0.2, 0.25) is 0 Å². The number of aliphatic hydroxyl groups is 1. The number of piperidine rings is 1. The summed E-state index contributed by atoms with van der Waals surface area (Å²) in [6.45, 7) is 2.05. The lowest BCUT2D eigenvalue weighted by Gasteiger charge is -2.34. The van der Waals surface area contributed by atoms with Crippen molar-refractivity contribution in [1.29, 1.82) is 0 Å². The van der Waals surface area contributed by atoms with E-state index in [4.69, 9.17) is 23.2 Å². The molecule has 4 heteroatoms. The highest BCUT2D eigenvalue weighted by molar-refractivity contribution is 6.35. The van der Waals surface area contributed by atoms with Gasteiger partial charge >= 0.3 is 0 Å². The van der Waals surface area contributed by atoms with Gasteiger partial charge in [-0.3, -0.25) is 4.90 Å². The summed E-state index contributed by atoms with van der Waals surface area (Å²) in [5.41, 5.74) is 1.08. The molecule has 2 rings (SSSR count). The zero-order chi connectivity index (χ0) is 12.3. The van der Waals surface area contributed by atoms with E-state index in [0.717, 1.165) is 25.1 Å². The van der Waals surface area contributed by atoms with Gasteiger partial charge in [-0.1, -0.05) is 35.7 Å². The molecule has 1 aromatic rings. The van der Waals surface area contributed by atoms with E-state index in [1.807, 2.05) is 12.1 Å². The number of benzene rings is 1. The third-order valence-electron chi connectivity index (χ3n) is 3.35. The fourth-order valence-electron chi connectivity index (χ4n) is 2.34. The molecular weight excluding hydrogens is 257 g/mol. The smallest absolute Gasteiger partial charge is 0.0586 e. The molecule has 1 fully saturated rings. The van der Waals surface area contributed by atoms with Crippen LogP contribution in [0.4, 0.5) is 0 Å². The fraction of sp³-hybridized carbons (Fsp3) is 0.538. The van der Waals surface area contributed by atoms with Gasteiger partial charge in [0.1, 0.15) is 0 Å². The summed E-state index contributed by atoms with van der Waals surface area (Å²) < 4.78 is 0. The van der Waals surface area contributed by atoms with Gasteiger partial charge < -0.3 is 5.11 Å². The van der Waals surface area contributed by atoms with Gasteiger partial charge in [0.25, 0.3) is 0 Å². The van der Waals surface area contributed by atoms with Crippen LogP contribution in [0.5, 0.6) is 0 Å². The van der Waals surface area contributed by atoms with Gasteiger partial charge in [0, 0.05) is 22.6 Å². The molecular formula is C13H17Cl2NO. The lowest BCUT2D eigenvalue weighted by molar-refractivity contribution is 0.0841. The van der Waals surface area contributed by atoms with Crippen LogP contribution in [0.25, 0.3) is 0 Å². The number of likely N-dealkylation sites (tertiary alicyclic amines) is 1. The molecule has 0 bridgehead atoms. The van der Waals surface area contributed by atoms with Crippen LogP contribution in [0.15, 0.2) is 18.2 Å². The zero-order valence-electron chi connectivity index (χ0n) is 9.70. The van der Waals surface area contributed by atoms with E-state index in [9.17, 15) is 5.11 Å². The van der Waals surface area contributed by atoms with Gasteiger partial charge in [-0.2, -0.15) is 0 Å². The van der Waals surface area contributed by atoms with Crippen molar-refractivity contribution in [3.8, 4) is 0 Å². The molecule has 0 radical (unpaired) electrons. The Morgan fingerprint density at radius 2 is 2.12 bits per heavy atom. The van der Waals surface area contributed by atoms with E-state index in [1.165, 1.54) is 12.8 Å². The Morgan fingerprint density at radius 1 is 1.29 bits per heavy atom. The monoisotopic (exact) mass is 273 g/mol. The highest BCUT2D eigenvalue weighted by atomic mass is 35.5. The third kappa shape index (κ3) is 3.35. The molecule has 1 atom stereocenters. The van der Waals surface area contributed by atoms with Crippen LogP contribution in [-0.2, 0) is 6.54 Å². The Labute approximate surface area is 112 Å². The molecule has 0 aromatic heterocycles. The number of halogens is 2. The van der Waals surface area contributed by atoms with Gasteiger partial charge in [-0.25, -0.2) is 0 Å². The van der Waals surface area contributed by atoms with Crippen molar-refractivity contribution in [2.45, 2.75) is 31.8 Å². The molecule has 1 N–H and O–H groups in total. The first kappa shape index (κ1) is 13.2. The summed E-state index contributed by atoms with van der Waals surface area (Å²) in [5, 5.41) is 10.7. The summed E-state index contributed by atoms with van der Waals surface area (Å²) >= 11 is 12.0. The molecule has 1 heterocycles. The number of hydrogen-bond donors (Lipinski definition) is 1. The quantitative estimate of drug-likeness (QED) is 0.913. The van der Waals surface area contributed by atoms with Crippen LogP contribution >= 0.6 is 23.2 Å². The molecule has 0 amide bonds. The van der Waals surface area contributed by atoms with E-state index < -0.39 is 0 Å². The predicted molar refractivity (Wildman–Crippen MR) is 71.6 cm³/mol. The third-order valence-corrected chi connectivity index (χ3v) is 3.94. The SMILES string of the molecule is OC[C@@H]1CCCCN1Cc1ccc(Cl)cc1Cl. The van der Waals surface area contributed by atoms with Crippen molar-refractivity contribution in [1.82, 2.24) is 4.90 Å². The number of rotatable bonds is 3. The summed E-state index contributed by atoms with van der Waals surface area (Å²) in [7, 11) is 0. The van der Waals surface area contributed by atoms with E-state index in [-0.39, 0.29) is 12.6 Å². The maximum Gasteiger partial charge on any atom is 0.0586 e. The van der Waals surface area contributed by atoms with E-state index in [0.29, 0.717) is 10.0 Å². The topological polar surface area (TPSA) is 23.5 Å². The Kier molecular flexibility index (Phi) is 4.69. The Balaban J connectivity index is 2.08. The standard InChI is InChI=1S/C13H17Cl2NO/c14-11-5-4-10(13(15)7-11)8-16-6-2-1-3-12(16)9-17/h4-5,7,12,17H,1-3,6,8-9H2/t12-/m0/s1. The van der Waals surface area contributed by atoms with Crippen molar-refractivity contribution in [2.75, 3.05) is 13.2 Å². The average Bonchev–Trinajstić information content (AvgIpc) is 2.33. The van der Waals surface area contributed by atoms with Crippen molar-refractivity contribution < 1.29 is 5.11 Å². The molecule has 1 aromatic carbocycles. The second-order valence-corrected chi connectivity index (χ2v) is 5.38. The molecule has 1 aliphatic rings. The summed E-state index contributed by atoms with van der Waals surface area (Å²) in [6, 6.07) is 5.88. The Bertz CT molecular complexity index is 384. The van der Waals surface area contributed by atoms with Crippen molar-refractivity contribution in [3.63, 3.8) is 0 Å². The zero-order valence-corrected chi connectivity index (χ0v) is 11.2. The van der Waals surface area contributed by atoms with E-state index in [1.54, 1.807) is 6.07 Å². The van der Waals surface area contributed by atoms with Crippen LogP contribution in [0.3, 0.4) is 0 Å². The molecule has 17 heavy (non-hydrogen) atoms. The minimum Gasteiger partial charge on any atom is -0.395 e. The van der Waals surface area contributed by atoms with Crippen LogP contribution in [0, 0.1) is 0 Å². The van der Waals surface area contributed by atoms with E-state index >= 15 is 0 Å². The molecule has 2 nitrogen and oxygen atoms in total.